The van der Waals surface area contributed by atoms with Gasteiger partial charge in [0.2, 0.25) is 0 Å². The summed E-state index contributed by atoms with van der Waals surface area (Å²) in [4.78, 5) is 20.2. The summed E-state index contributed by atoms with van der Waals surface area (Å²) in [5.74, 6) is 0.144. The van der Waals surface area contributed by atoms with Crippen LogP contribution < -0.4 is 0 Å². The molecule has 0 fully saturated rings. The smallest absolute Gasteiger partial charge is 0.303 e. The van der Waals surface area contributed by atoms with Gasteiger partial charge in [0.25, 0.3) is 5.69 Å². The molecule has 0 radical (unpaired) electrons. The molecule has 0 aliphatic rings. The number of non-ortho nitro benzene ring substituents is 1. The van der Waals surface area contributed by atoms with E-state index in [1.807, 2.05) is 0 Å². The maximum absolute atomic E-state index is 11.0. The van der Waals surface area contributed by atoms with Crippen molar-refractivity contribution in [2.45, 2.75) is 13.8 Å². The fraction of sp³-hybridized carbons (Fsp3) is 0.143. The third kappa shape index (κ3) is 3.46. The number of hydrogen-bond acceptors (Lipinski definition) is 7. The Kier molecular flexibility index (Phi) is 4.30. The molecule has 118 valence electrons. The molecule has 0 aromatic heterocycles. The molecule has 0 spiro atoms. The van der Waals surface area contributed by atoms with E-state index in [1.165, 1.54) is 6.07 Å². The Morgan fingerprint density at radius 2 is 1.57 bits per heavy atom. The molecule has 0 aliphatic heterocycles. The lowest BCUT2D eigenvalue weighted by Crippen LogP contribution is -1.92. The second-order valence-corrected chi connectivity index (χ2v) is 4.82. The van der Waals surface area contributed by atoms with E-state index in [0.29, 0.717) is 16.8 Å². The van der Waals surface area contributed by atoms with Crippen LogP contribution in [-0.4, -0.2) is 15.0 Å². The maximum atomic E-state index is 11.0. The van der Waals surface area contributed by atoms with Crippen molar-refractivity contribution in [1.82, 2.24) is 0 Å². The van der Waals surface area contributed by atoms with Crippen molar-refractivity contribution < 1.29 is 15.0 Å². The normalized spacial score (nSPS) is 10.9. The molecule has 0 unspecified atom stereocenters. The first-order valence-electron chi connectivity index (χ1n) is 6.44. The number of benzene rings is 2. The van der Waals surface area contributed by atoms with Gasteiger partial charge in [0, 0.05) is 6.07 Å². The monoisotopic (exact) mass is 316 g/mol. The Bertz CT molecular complexity index is 809. The number of phenols is 1. The van der Waals surface area contributed by atoms with Crippen LogP contribution in [0, 0.1) is 34.1 Å². The van der Waals surface area contributed by atoms with E-state index >= 15 is 0 Å². The minimum Gasteiger partial charge on any atom is -0.507 e. The van der Waals surface area contributed by atoms with E-state index in [-0.39, 0.29) is 11.4 Å². The molecule has 0 saturated carbocycles. The van der Waals surface area contributed by atoms with Gasteiger partial charge in [0.15, 0.2) is 5.69 Å². The number of nitro benzene ring substituents is 2. The first-order chi connectivity index (χ1) is 10.8. The topological polar surface area (TPSA) is 131 Å². The largest absolute Gasteiger partial charge is 0.507 e. The second-order valence-electron chi connectivity index (χ2n) is 4.82. The summed E-state index contributed by atoms with van der Waals surface area (Å²) >= 11 is 0. The van der Waals surface area contributed by atoms with Crippen molar-refractivity contribution in [2.24, 2.45) is 10.2 Å². The Labute approximate surface area is 130 Å². The number of azo groups is 1. The van der Waals surface area contributed by atoms with E-state index in [1.54, 1.807) is 26.0 Å². The fourth-order valence-electron chi connectivity index (χ4n) is 1.96. The standard InChI is InChI=1S/C14H12N4O5/c1-8-5-10(6-9(2)14(8)19)15-16-12-4-3-11(17(20)21)7-13(12)18(22)23/h3-7,19H,1-2H3. The van der Waals surface area contributed by atoms with Crippen LogP contribution in [0.25, 0.3) is 0 Å². The first-order valence-corrected chi connectivity index (χ1v) is 6.44. The number of aromatic hydroxyl groups is 1. The van der Waals surface area contributed by atoms with Gasteiger partial charge in [-0.05, 0) is 43.2 Å². The molecule has 0 bridgehead atoms. The van der Waals surface area contributed by atoms with Gasteiger partial charge in [-0.3, -0.25) is 20.2 Å². The summed E-state index contributed by atoms with van der Waals surface area (Å²) in [5, 5.41) is 39.1. The Morgan fingerprint density at radius 3 is 2.09 bits per heavy atom. The number of hydrogen-bond donors (Lipinski definition) is 1. The highest BCUT2D eigenvalue weighted by Gasteiger charge is 2.19. The quantitative estimate of drug-likeness (QED) is 0.512. The summed E-state index contributed by atoms with van der Waals surface area (Å²) in [5.41, 5.74) is 0.603. The van der Waals surface area contributed by atoms with Crippen molar-refractivity contribution in [3.8, 4) is 5.75 Å². The minimum absolute atomic E-state index is 0.0935. The van der Waals surface area contributed by atoms with E-state index < -0.39 is 21.2 Å². The van der Waals surface area contributed by atoms with Crippen molar-refractivity contribution in [3.05, 3.63) is 61.7 Å². The summed E-state index contributed by atoms with van der Waals surface area (Å²) in [6.45, 7) is 3.38. The molecule has 0 heterocycles. The minimum atomic E-state index is -0.755. The summed E-state index contributed by atoms with van der Waals surface area (Å²) in [6, 6.07) is 6.27. The van der Waals surface area contributed by atoms with Gasteiger partial charge in [-0.1, -0.05) is 0 Å². The molecule has 0 saturated heterocycles. The molecule has 0 amide bonds. The number of phenolic OH excluding ortho intramolecular Hbond substituents is 1. The average Bonchev–Trinajstić information content (AvgIpc) is 2.49. The number of rotatable bonds is 4. The summed E-state index contributed by atoms with van der Waals surface area (Å²) in [7, 11) is 0. The van der Waals surface area contributed by atoms with Gasteiger partial charge in [-0.2, -0.15) is 5.11 Å². The molecule has 23 heavy (non-hydrogen) atoms. The van der Waals surface area contributed by atoms with Gasteiger partial charge < -0.3 is 5.11 Å². The zero-order valence-electron chi connectivity index (χ0n) is 12.3. The van der Waals surface area contributed by atoms with Crippen molar-refractivity contribution >= 4 is 22.7 Å². The molecule has 0 atom stereocenters. The molecule has 2 rings (SSSR count). The second kappa shape index (κ2) is 6.18. The van der Waals surface area contributed by atoms with Gasteiger partial charge in [-0.25, -0.2) is 0 Å². The van der Waals surface area contributed by atoms with Crippen LogP contribution in [0.4, 0.5) is 22.7 Å². The van der Waals surface area contributed by atoms with E-state index in [4.69, 9.17) is 0 Å². The van der Waals surface area contributed by atoms with Gasteiger partial charge in [0.05, 0.1) is 21.6 Å². The predicted molar refractivity (Wildman–Crippen MR) is 81.5 cm³/mol. The Hall–Kier alpha value is -3.36. The third-order valence-electron chi connectivity index (χ3n) is 3.12. The van der Waals surface area contributed by atoms with Crippen LogP contribution in [0.5, 0.6) is 5.75 Å². The molecule has 2 aromatic carbocycles. The van der Waals surface area contributed by atoms with Crippen LogP contribution in [0.1, 0.15) is 11.1 Å². The molecule has 9 heteroatoms. The lowest BCUT2D eigenvalue weighted by Gasteiger charge is -2.03. The first kappa shape index (κ1) is 16.0. The van der Waals surface area contributed by atoms with Crippen molar-refractivity contribution in [3.63, 3.8) is 0 Å². The van der Waals surface area contributed by atoms with Crippen LogP contribution >= 0.6 is 0 Å². The van der Waals surface area contributed by atoms with E-state index in [2.05, 4.69) is 10.2 Å². The fourth-order valence-corrected chi connectivity index (χ4v) is 1.96. The Balaban J connectivity index is 2.43. The van der Waals surface area contributed by atoms with Crippen LogP contribution in [0.15, 0.2) is 40.6 Å². The van der Waals surface area contributed by atoms with E-state index in [0.717, 1.165) is 12.1 Å². The molecule has 9 nitrogen and oxygen atoms in total. The summed E-state index contributed by atoms with van der Waals surface area (Å²) in [6.07, 6.45) is 0. The van der Waals surface area contributed by atoms with Crippen LogP contribution in [0.2, 0.25) is 0 Å². The average molecular weight is 316 g/mol. The molecular formula is C14H12N4O5. The van der Waals surface area contributed by atoms with Gasteiger partial charge >= 0.3 is 5.69 Å². The number of aryl methyl sites for hydroxylation is 2. The molecule has 2 aromatic rings. The number of nitrogens with zero attached hydrogens (tertiary/aromatic N) is 4. The van der Waals surface area contributed by atoms with Gasteiger partial charge in [-0.15, -0.1) is 5.11 Å². The molecule has 1 N–H and O–H groups in total. The van der Waals surface area contributed by atoms with Crippen LogP contribution in [-0.2, 0) is 0 Å². The molecule has 0 aliphatic carbocycles. The zero-order chi connectivity index (χ0) is 17.1. The maximum Gasteiger partial charge on any atom is 0.303 e. The van der Waals surface area contributed by atoms with E-state index in [9.17, 15) is 25.3 Å². The molecular weight excluding hydrogens is 304 g/mol. The van der Waals surface area contributed by atoms with Gasteiger partial charge in [0.1, 0.15) is 5.75 Å². The van der Waals surface area contributed by atoms with Crippen molar-refractivity contribution in [1.29, 1.82) is 0 Å². The number of nitro groups is 2. The lowest BCUT2D eigenvalue weighted by atomic mass is 10.1. The third-order valence-corrected chi connectivity index (χ3v) is 3.12. The SMILES string of the molecule is Cc1cc(N=Nc2ccc([N+](=O)[O-])cc2[N+](=O)[O-])cc(C)c1O. The summed E-state index contributed by atoms with van der Waals surface area (Å²) < 4.78 is 0. The zero-order valence-corrected chi connectivity index (χ0v) is 12.3. The Morgan fingerprint density at radius 1 is 0.957 bits per heavy atom. The van der Waals surface area contributed by atoms with Crippen LogP contribution in [0.3, 0.4) is 0 Å². The highest BCUT2D eigenvalue weighted by molar-refractivity contribution is 5.62. The highest BCUT2D eigenvalue weighted by Crippen LogP contribution is 2.33. The lowest BCUT2D eigenvalue weighted by molar-refractivity contribution is -0.393. The highest BCUT2D eigenvalue weighted by atomic mass is 16.6. The predicted octanol–water partition coefficient (Wildman–Crippen LogP) is 4.24. The van der Waals surface area contributed by atoms with Crippen molar-refractivity contribution in [2.75, 3.05) is 0 Å².